The summed E-state index contributed by atoms with van der Waals surface area (Å²) in [6.07, 6.45) is 1.17. The molecule has 46 valence electrons. The summed E-state index contributed by atoms with van der Waals surface area (Å²) in [6, 6.07) is 0. The van der Waals surface area contributed by atoms with E-state index in [1.807, 2.05) is 0 Å². The Labute approximate surface area is 62.7 Å². The van der Waals surface area contributed by atoms with E-state index in [9.17, 15) is 0 Å². The Balaban J connectivity index is 3.25. The van der Waals surface area contributed by atoms with Gasteiger partial charge in [-0.1, -0.05) is 0 Å². The first-order chi connectivity index (χ1) is 3.66. The number of rotatable bonds is 3. The first-order valence-electron chi connectivity index (χ1n) is 2.96. The van der Waals surface area contributed by atoms with E-state index < -0.39 is 0 Å². The van der Waals surface area contributed by atoms with Gasteiger partial charge in [-0.3, -0.25) is 0 Å². The fourth-order valence-corrected chi connectivity index (χ4v) is 1.27. The van der Waals surface area contributed by atoms with E-state index in [2.05, 4.69) is 25.8 Å². The predicted molar refractivity (Wildman–Crippen MR) is 35.9 cm³/mol. The number of hydrogen-bond donors (Lipinski definition) is 1. The SMILES string of the molecule is CC[C](=[W])NB(C)C. The molecule has 1 nitrogen and oxygen atoms in total. The van der Waals surface area contributed by atoms with Crippen LogP contribution >= 0.6 is 0 Å². The molecule has 0 aromatic rings. The van der Waals surface area contributed by atoms with Crippen LogP contribution in [-0.2, 0) is 19.4 Å². The molecule has 3 heteroatoms. The van der Waals surface area contributed by atoms with Crippen molar-refractivity contribution >= 4 is 10.9 Å². The van der Waals surface area contributed by atoms with Crippen LogP contribution in [0.4, 0.5) is 0 Å². The molecule has 8 heavy (non-hydrogen) atoms. The summed E-state index contributed by atoms with van der Waals surface area (Å²) < 4.78 is 1.46. The Morgan fingerprint density at radius 1 is 1.62 bits per heavy atom. The van der Waals surface area contributed by atoms with E-state index >= 15 is 0 Å². The molecule has 0 aromatic heterocycles. The minimum atomic E-state index is 0.613. The van der Waals surface area contributed by atoms with Crippen LogP contribution in [0, 0.1) is 0 Å². The molecule has 0 spiro atoms. The van der Waals surface area contributed by atoms with Gasteiger partial charge in [-0.15, -0.1) is 0 Å². The maximum atomic E-state index is 3.35. The molecule has 0 amide bonds. The van der Waals surface area contributed by atoms with Gasteiger partial charge < -0.3 is 0 Å². The van der Waals surface area contributed by atoms with E-state index in [-0.39, 0.29) is 0 Å². The Hall–Kier alpha value is 0.583. The van der Waals surface area contributed by atoms with Gasteiger partial charge in [0.05, 0.1) is 0 Å². The van der Waals surface area contributed by atoms with Gasteiger partial charge in [0.2, 0.25) is 0 Å². The van der Waals surface area contributed by atoms with Crippen LogP contribution in [0.2, 0.25) is 13.6 Å². The Kier molecular flexibility index (Phi) is 4.79. The van der Waals surface area contributed by atoms with Crippen LogP contribution in [-0.4, -0.2) is 10.9 Å². The van der Waals surface area contributed by atoms with Crippen molar-refractivity contribution < 1.29 is 19.4 Å². The molecule has 1 N–H and O–H groups in total. The van der Waals surface area contributed by atoms with E-state index in [0.717, 1.165) is 0 Å². The zero-order valence-electron chi connectivity index (χ0n) is 5.69. The molecule has 0 fully saturated rings. The first kappa shape index (κ1) is 8.58. The molecule has 0 bridgehead atoms. The van der Waals surface area contributed by atoms with Crippen LogP contribution in [0.3, 0.4) is 0 Å². The second-order valence-electron chi connectivity index (χ2n) is 2.08. The average molecular weight is 281 g/mol. The molecular weight excluding hydrogens is 269 g/mol. The first-order valence-corrected chi connectivity index (χ1v) is 4.42. The summed E-state index contributed by atoms with van der Waals surface area (Å²) in [6.45, 7) is 7.12. The van der Waals surface area contributed by atoms with Gasteiger partial charge >= 0.3 is 62.4 Å². The summed E-state index contributed by atoms with van der Waals surface area (Å²) in [4.78, 5) is 0. The third kappa shape index (κ3) is 4.74. The predicted octanol–water partition coefficient (Wildman–Crippen LogP) is 0.914. The molecule has 0 aliphatic heterocycles. The fourth-order valence-electron chi connectivity index (χ4n) is 0.424. The van der Waals surface area contributed by atoms with Crippen molar-refractivity contribution in [2.75, 3.05) is 0 Å². The summed E-state index contributed by atoms with van der Waals surface area (Å²) in [7, 11) is 0. The van der Waals surface area contributed by atoms with Crippen molar-refractivity contribution in [3.8, 4) is 0 Å². The normalized spacial score (nSPS) is 8.88. The van der Waals surface area contributed by atoms with Gasteiger partial charge in [0.15, 0.2) is 0 Å². The summed E-state index contributed by atoms with van der Waals surface area (Å²) in [5, 5.41) is 3.35. The molecule has 0 saturated carbocycles. The van der Waals surface area contributed by atoms with Crippen LogP contribution in [0.25, 0.3) is 0 Å². The van der Waals surface area contributed by atoms with Crippen molar-refractivity contribution in [1.82, 2.24) is 5.23 Å². The van der Waals surface area contributed by atoms with Crippen molar-refractivity contribution in [3.63, 3.8) is 0 Å². The van der Waals surface area contributed by atoms with Crippen molar-refractivity contribution in [3.05, 3.63) is 0 Å². The monoisotopic (exact) mass is 281 g/mol. The number of hydrogen-bond acceptors (Lipinski definition) is 1. The van der Waals surface area contributed by atoms with Gasteiger partial charge in [-0.05, 0) is 0 Å². The zero-order valence-corrected chi connectivity index (χ0v) is 8.63. The molecule has 0 radical (unpaired) electrons. The van der Waals surface area contributed by atoms with Gasteiger partial charge in [0.1, 0.15) is 0 Å². The van der Waals surface area contributed by atoms with Crippen LogP contribution in [0.1, 0.15) is 13.3 Å². The van der Waals surface area contributed by atoms with Gasteiger partial charge in [-0.25, -0.2) is 0 Å². The third-order valence-corrected chi connectivity index (χ3v) is 2.23. The molecule has 0 aliphatic carbocycles. The molecule has 0 rings (SSSR count). The number of nitrogens with one attached hydrogen (secondary N) is 1. The minimum absolute atomic E-state index is 0.613. The quantitative estimate of drug-likeness (QED) is 0.758. The average Bonchev–Trinajstić information content (AvgIpc) is 1.65. The Morgan fingerprint density at radius 3 is 2.25 bits per heavy atom. The zero-order chi connectivity index (χ0) is 6.57. The Morgan fingerprint density at radius 2 is 2.12 bits per heavy atom. The molecular formula is C5H12BNW. The summed E-state index contributed by atoms with van der Waals surface area (Å²) in [5.41, 5.74) is 0. The van der Waals surface area contributed by atoms with E-state index in [4.69, 9.17) is 0 Å². The van der Waals surface area contributed by atoms with Crippen molar-refractivity contribution in [1.29, 1.82) is 0 Å². The fraction of sp³-hybridized carbons (Fsp3) is 0.800. The third-order valence-electron chi connectivity index (χ3n) is 0.771. The van der Waals surface area contributed by atoms with Crippen molar-refractivity contribution in [2.45, 2.75) is 27.0 Å². The molecule has 0 aromatic carbocycles. The molecule has 0 unspecified atom stereocenters. The van der Waals surface area contributed by atoms with E-state index in [1.165, 1.54) is 10.4 Å². The van der Waals surface area contributed by atoms with Crippen LogP contribution < -0.4 is 5.23 Å². The summed E-state index contributed by atoms with van der Waals surface area (Å²) >= 11 is 1.57. The van der Waals surface area contributed by atoms with Crippen LogP contribution in [0.15, 0.2) is 0 Å². The second-order valence-corrected chi connectivity index (χ2v) is 3.85. The Bertz CT molecular complexity index is 82.5. The van der Waals surface area contributed by atoms with Gasteiger partial charge in [-0.2, -0.15) is 0 Å². The molecule has 0 aliphatic rings. The van der Waals surface area contributed by atoms with E-state index in [1.54, 1.807) is 19.4 Å². The second kappa shape index (κ2) is 4.46. The summed E-state index contributed by atoms with van der Waals surface area (Å²) in [5.74, 6) is 0. The molecule has 0 heterocycles. The van der Waals surface area contributed by atoms with Gasteiger partial charge in [0.25, 0.3) is 0 Å². The maximum absolute atomic E-state index is 3.35. The molecule has 0 saturated heterocycles. The van der Waals surface area contributed by atoms with Gasteiger partial charge in [0, 0.05) is 0 Å². The topological polar surface area (TPSA) is 12.0 Å². The van der Waals surface area contributed by atoms with Crippen LogP contribution in [0.5, 0.6) is 0 Å². The molecule has 0 atom stereocenters. The van der Waals surface area contributed by atoms with Crippen molar-refractivity contribution in [2.24, 2.45) is 0 Å². The van der Waals surface area contributed by atoms with E-state index in [0.29, 0.717) is 6.85 Å². The standard InChI is InChI=1S/C5H12BN.W/c1-4-5-7-6(2)3;/h7H,4H2,1-3H3;.